The first-order valence-corrected chi connectivity index (χ1v) is 8.49. The van der Waals surface area contributed by atoms with Gasteiger partial charge in [-0.25, -0.2) is 9.78 Å². The van der Waals surface area contributed by atoms with Crippen molar-refractivity contribution in [3.05, 3.63) is 41.0 Å². The molecule has 0 bridgehead atoms. The zero-order valence-electron chi connectivity index (χ0n) is 15.1. The minimum atomic E-state index is -0.131. The fourth-order valence-corrected chi connectivity index (χ4v) is 2.85. The van der Waals surface area contributed by atoms with Gasteiger partial charge in [0.2, 0.25) is 0 Å². The molecule has 3 N–H and O–H groups in total. The maximum absolute atomic E-state index is 12.4. The van der Waals surface area contributed by atoms with E-state index in [-0.39, 0.29) is 6.03 Å². The smallest absolute Gasteiger partial charge is 0.321 e. The van der Waals surface area contributed by atoms with Crippen molar-refractivity contribution in [1.82, 2.24) is 25.1 Å². The fourth-order valence-electron chi connectivity index (χ4n) is 2.85. The molecule has 0 unspecified atom stereocenters. The third-order valence-corrected chi connectivity index (χ3v) is 4.44. The highest BCUT2D eigenvalue weighted by molar-refractivity contribution is 5.91. The number of benzene rings is 1. The standard InChI is InChI=1S/C18H24N6O/c1-5-17-20-15-7-6-13(10-16(15)21-17)19-18(25)24(4)9-8-14-11(2)22-23-12(14)3/h6-7,10H,5,8-9H2,1-4H3,(H,19,25)(H,20,21)(H,22,23). The predicted molar refractivity (Wildman–Crippen MR) is 98.9 cm³/mol. The Bertz CT molecular complexity index is 875. The summed E-state index contributed by atoms with van der Waals surface area (Å²) >= 11 is 0. The summed E-state index contributed by atoms with van der Waals surface area (Å²) in [5.41, 5.74) is 5.82. The lowest BCUT2D eigenvalue weighted by molar-refractivity contribution is 0.223. The number of urea groups is 1. The number of hydrogen-bond donors (Lipinski definition) is 3. The molecule has 0 aliphatic carbocycles. The lowest BCUT2D eigenvalue weighted by Gasteiger charge is -2.18. The first-order chi connectivity index (χ1) is 12.0. The van der Waals surface area contributed by atoms with Crippen LogP contribution in [0.1, 0.15) is 29.7 Å². The summed E-state index contributed by atoms with van der Waals surface area (Å²) in [4.78, 5) is 21.8. The van der Waals surface area contributed by atoms with Gasteiger partial charge in [-0.1, -0.05) is 6.92 Å². The van der Waals surface area contributed by atoms with Crippen LogP contribution in [0.15, 0.2) is 18.2 Å². The van der Waals surface area contributed by atoms with Crippen LogP contribution in [0, 0.1) is 13.8 Å². The lowest BCUT2D eigenvalue weighted by Crippen LogP contribution is -2.33. The molecule has 0 fully saturated rings. The number of carbonyl (C=O) groups is 1. The third kappa shape index (κ3) is 3.65. The highest BCUT2D eigenvalue weighted by Crippen LogP contribution is 2.18. The van der Waals surface area contributed by atoms with Gasteiger partial charge in [-0.05, 0) is 44.0 Å². The van der Waals surface area contributed by atoms with Crippen LogP contribution in [0.2, 0.25) is 0 Å². The molecule has 2 amide bonds. The van der Waals surface area contributed by atoms with E-state index in [0.29, 0.717) is 6.54 Å². The van der Waals surface area contributed by atoms with Crippen LogP contribution in [0.5, 0.6) is 0 Å². The number of aromatic nitrogens is 4. The van der Waals surface area contributed by atoms with Crippen LogP contribution in [-0.4, -0.2) is 44.7 Å². The van der Waals surface area contributed by atoms with Crippen LogP contribution >= 0.6 is 0 Å². The van der Waals surface area contributed by atoms with E-state index in [9.17, 15) is 4.79 Å². The molecule has 3 aromatic rings. The molecule has 0 atom stereocenters. The number of nitrogens with zero attached hydrogens (tertiary/aromatic N) is 3. The topological polar surface area (TPSA) is 89.7 Å². The summed E-state index contributed by atoms with van der Waals surface area (Å²) in [7, 11) is 1.80. The Hall–Kier alpha value is -2.83. The quantitative estimate of drug-likeness (QED) is 0.666. The van der Waals surface area contributed by atoms with Gasteiger partial charge in [-0.15, -0.1) is 0 Å². The van der Waals surface area contributed by atoms with E-state index in [2.05, 4.69) is 32.4 Å². The molecule has 0 radical (unpaired) electrons. The Labute approximate surface area is 146 Å². The number of aromatic amines is 2. The van der Waals surface area contributed by atoms with Crippen molar-refractivity contribution < 1.29 is 4.79 Å². The second kappa shape index (κ2) is 6.96. The summed E-state index contributed by atoms with van der Waals surface area (Å²) in [5, 5.41) is 10.1. The van der Waals surface area contributed by atoms with Gasteiger partial charge in [0.25, 0.3) is 0 Å². The summed E-state index contributed by atoms with van der Waals surface area (Å²) in [6, 6.07) is 5.57. The zero-order valence-corrected chi connectivity index (χ0v) is 15.1. The number of likely N-dealkylation sites (N-methyl/N-ethyl adjacent to an activating group) is 1. The highest BCUT2D eigenvalue weighted by Gasteiger charge is 2.12. The van der Waals surface area contributed by atoms with E-state index in [1.54, 1.807) is 11.9 Å². The second-order valence-corrected chi connectivity index (χ2v) is 6.28. The molecule has 0 spiro atoms. The molecule has 0 aliphatic rings. The molecule has 3 rings (SSSR count). The number of carbonyl (C=O) groups excluding carboxylic acids is 1. The summed E-state index contributed by atoms with van der Waals surface area (Å²) < 4.78 is 0. The van der Waals surface area contributed by atoms with Crippen LogP contribution in [0.4, 0.5) is 10.5 Å². The van der Waals surface area contributed by atoms with E-state index >= 15 is 0 Å². The molecule has 2 aromatic heterocycles. The molecular formula is C18H24N6O. The van der Waals surface area contributed by atoms with Crippen molar-refractivity contribution in [3.63, 3.8) is 0 Å². The van der Waals surface area contributed by atoms with Gasteiger partial charge in [0.15, 0.2) is 0 Å². The summed E-state index contributed by atoms with van der Waals surface area (Å²) in [6.45, 7) is 6.65. The van der Waals surface area contributed by atoms with Gasteiger partial charge in [0.1, 0.15) is 5.82 Å². The number of anilines is 1. The van der Waals surface area contributed by atoms with Crippen LogP contribution < -0.4 is 5.32 Å². The molecule has 1 aromatic carbocycles. The third-order valence-electron chi connectivity index (χ3n) is 4.44. The Balaban J connectivity index is 1.63. The average Bonchev–Trinajstić information content (AvgIpc) is 3.15. The summed E-state index contributed by atoms with van der Waals surface area (Å²) in [6.07, 6.45) is 1.63. The van der Waals surface area contributed by atoms with Crippen molar-refractivity contribution in [1.29, 1.82) is 0 Å². The Morgan fingerprint density at radius 3 is 2.80 bits per heavy atom. The first kappa shape index (κ1) is 17.0. The lowest BCUT2D eigenvalue weighted by atomic mass is 10.1. The van der Waals surface area contributed by atoms with Crippen molar-refractivity contribution in [2.24, 2.45) is 0 Å². The first-order valence-electron chi connectivity index (χ1n) is 8.49. The average molecular weight is 340 g/mol. The number of nitrogens with one attached hydrogen (secondary N) is 3. The number of imidazole rings is 1. The number of rotatable bonds is 5. The molecular weight excluding hydrogens is 316 g/mol. The number of aryl methyl sites for hydroxylation is 3. The van der Waals surface area contributed by atoms with Gasteiger partial charge in [-0.2, -0.15) is 5.10 Å². The largest absolute Gasteiger partial charge is 0.342 e. The van der Waals surface area contributed by atoms with E-state index in [1.807, 2.05) is 32.0 Å². The molecule has 0 saturated carbocycles. The van der Waals surface area contributed by atoms with Crippen molar-refractivity contribution in [2.75, 3.05) is 18.9 Å². The van der Waals surface area contributed by atoms with Gasteiger partial charge < -0.3 is 15.2 Å². The molecule has 0 aliphatic heterocycles. The van der Waals surface area contributed by atoms with E-state index in [1.165, 1.54) is 5.56 Å². The van der Waals surface area contributed by atoms with Gasteiger partial charge in [0, 0.05) is 31.4 Å². The SMILES string of the molecule is CCc1nc2ccc(NC(=O)N(C)CCc3c(C)n[nH]c3C)cc2[nH]1. The van der Waals surface area contributed by atoms with E-state index in [0.717, 1.165) is 46.8 Å². The molecule has 132 valence electrons. The predicted octanol–water partition coefficient (Wildman–Crippen LogP) is 3.17. The minimum Gasteiger partial charge on any atom is -0.342 e. The van der Waals surface area contributed by atoms with E-state index in [4.69, 9.17) is 0 Å². The Morgan fingerprint density at radius 1 is 1.32 bits per heavy atom. The zero-order chi connectivity index (χ0) is 18.0. The van der Waals surface area contributed by atoms with Gasteiger partial charge in [0.05, 0.1) is 16.7 Å². The molecule has 7 nitrogen and oxygen atoms in total. The van der Waals surface area contributed by atoms with Crippen LogP contribution in [0.3, 0.4) is 0 Å². The van der Waals surface area contributed by atoms with Crippen molar-refractivity contribution in [2.45, 2.75) is 33.6 Å². The Morgan fingerprint density at radius 2 is 2.12 bits per heavy atom. The highest BCUT2D eigenvalue weighted by atomic mass is 16.2. The number of H-pyrrole nitrogens is 2. The maximum Gasteiger partial charge on any atom is 0.321 e. The van der Waals surface area contributed by atoms with Gasteiger partial charge >= 0.3 is 6.03 Å². The normalized spacial score (nSPS) is 11.0. The number of fused-ring (bicyclic) bond motifs is 1. The maximum atomic E-state index is 12.4. The Kier molecular flexibility index (Phi) is 4.74. The molecule has 25 heavy (non-hydrogen) atoms. The van der Waals surface area contributed by atoms with Crippen LogP contribution in [-0.2, 0) is 12.8 Å². The van der Waals surface area contributed by atoms with Gasteiger partial charge in [-0.3, -0.25) is 5.10 Å². The van der Waals surface area contributed by atoms with Crippen molar-refractivity contribution >= 4 is 22.8 Å². The molecule has 7 heteroatoms. The molecule has 0 saturated heterocycles. The fraction of sp³-hybridized carbons (Fsp3) is 0.389. The van der Waals surface area contributed by atoms with E-state index < -0.39 is 0 Å². The van der Waals surface area contributed by atoms with Crippen LogP contribution in [0.25, 0.3) is 11.0 Å². The van der Waals surface area contributed by atoms with Crippen molar-refractivity contribution in [3.8, 4) is 0 Å². The summed E-state index contributed by atoms with van der Waals surface area (Å²) in [5.74, 6) is 0.946. The minimum absolute atomic E-state index is 0.131. The monoisotopic (exact) mass is 340 g/mol. The number of hydrogen-bond acceptors (Lipinski definition) is 3. The number of amides is 2. The second-order valence-electron chi connectivity index (χ2n) is 6.28. The molecule has 2 heterocycles.